The summed E-state index contributed by atoms with van der Waals surface area (Å²) in [6.45, 7) is 4.39. The molecule has 0 aromatic heterocycles. The van der Waals surface area contributed by atoms with E-state index in [0.717, 1.165) is 24.8 Å². The van der Waals surface area contributed by atoms with Gasteiger partial charge in [-0.05, 0) is 49.2 Å². The number of rotatable bonds is 7. The van der Waals surface area contributed by atoms with E-state index in [-0.39, 0.29) is 5.97 Å². The van der Waals surface area contributed by atoms with Crippen molar-refractivity contribution in [2.24, 2.45) is 0 Å². The second-order valence-electron chi connectivity index (χ2n) is 5.58. The number of hydrogen-bond acceptors (Lipinski definition) is 4. The number of carbonyl (C=O) groups is 2. The second-order valence-corrected chi connectivity index (χ2v) is 5.58. The molecule has 0 aliphatic heterocycles. The van der Waals surface area contributed by atoms with E-state index in [4.69, 9.17) is 9.47 Å². The van der Waals surface area contributed by atoms with Crippen molar-refractivity contribution in [2.45, 2.75) is 33.1 Å². The second kappa shape index (κ2) is 8.87. The number of benzene rings is 2. The summed E-state index contributed by atoms with van der Waals surface area (Å²) in [6, 6.07) is 13.6. The van der Waals surface area contributed by atoms with E-state index in [2.05, 4.69) is 6.92 Å². The molecule has 2 aromatic rings. The number of carbonyl (C=O) groups excluding carboxylic acids is 2. The highest BCUT2D eigenvalue weighted by Gasteiger charge is 2.12. The molecule has 0 bridgehead atoms. The van der Waals surface area contributed by atoms with E-state index in [1.807, 2.05) is 25.1 Å². The summed E-state index contributed by atoms with van der Waals surface area (Å²) < 4.78 is 10.6. The van der Waals surface area contributed by atoms with Crippen molar-refractivity contribution in [2.75, 3.05) is 6.61 Å². The molecular formula is C20H22O4. The molecule has 0 radical (unpaired) electrons. The molecule has 4 nitrogen and oxygen atoms in total. The van der Waals surface area contributed by atoms with Gasteiger partial charge in [0, 0.05) is 0 Å². The van der Waals surface area contributed by atoms with Gasteiger partial charge in [-0.3, -0.25) is 0 Å². The topological polar surface area (TPSA) is 52.6 Å². The number of para-hydroxylation sites is 1. The van der Waals surface area contributed by atoms with E-state index < -0.39 is 5.97 Å². The number of esters is 2. The van der Waals surface area contributed by atoms with Crippen LogP contribution in [0.4, 0.5) is 0 Å². The third-order valence-corrected chi connectivity index (χ3v) is 3.63. The monoisotopic (exact) mass is 326 g/mol. The molecule has 0 atom stereocenters. The molecule has 4 heteroatoms. The van der Waals surface area contributed by atoms with E-state index >= 15 is 0 Å². The molecule has 0 amide bonds. The maximum Gasteiger partial charge on any atom is 0.343 e. The zero-order valence-electron chi connectivity index (χ0n) is 14.1. The van der Waals surface area contributed by atoms with Crippen LogP contribution < -0.4 is 4.74 Å². The van der Waals surface area contributed by atoms with Crippen LogP contribution in [0.5, 0.6) is 5.75 Å². The third-order valence-electron chi connectivity index (χ3n) is 3.63. The number of hydrogen-bond donors (Lipinski definition) is 0. The molecule has 0 saturated heterocycles. The largest absolute Gasteiger partial charge is 0.462 e. The average molecular weight is 326 g/mol. The van der Waals surface area contributed by atoms with Gasteiger partial charge >= 0.3 is 11.9 Å². The average Bonchev–Trinajstić information content (AvgIpc) is 2.60. The van der Waals surface area contributed by atoms with Crippen molar-refractivity contribution in [3.8, 4) is 5.75 Å². The Kier molecular flexibility index (Phi) is 6.55. The van der Waals surface area contributed by atoms with Gasteiger partial charge in [0.25, 0.3) is 0 Å². The highest BCUT2D eigenvalue weighted by atomic mass is 16.5. The predicted octanol–water partition coefficient (Wildman–Crippen LogP) is 4.56. The van der Waals surface area contributed by atoms with Gasteiger partial charge in [-0.15, -0.1) is 0 Å². The van der Waals surface area contributed by atoms with Crippen LogP contribution in [0, 0.1) is 6.92 Å². The molecule has 24 heavy (non-hydrogen) atoms. The minimum atomic E-state index is -0.452. The highest BCUT2D eigenvalue weighted by molar-refractivity contribution is 5.94. The minimum Gasteiger partial charge on any atom is -0.462 e. The molecule has 0 aliphatic carbocycles. The van der Waals surface area contributed by atoms with Crippen LogP contribution in [0.3, 0.4) is 0 Å². The van der Waals surface area contributed by atoms with Gasteiger partial charge in [0.2, 0.25) is 0 Å². The van der Waals surface area contributed by atoms with E-state index in [1.165, 1.54) is 0 Å². The molecule has 2 aromatic carbocycles. The molecule has 126 valence electrons. The summed E-state index contributed by atoms with van der Waals surface area (Å²) in [6.07, 6.45) is 2.98. The Balaban J connectivity index is 1.95. The fraction of sp³-hybridized carbons (Fsp3) is 0.300. The highest BCUT2D eigenvalue weighted by Crippen LogP contribution is 2.18. The van der Waals surface area contributed by atoms with Crippen LogP contribution in [0.15, 0.2) is 48.5 Å². The summed E-state index contributed by atoms with van der Waals surface area (Å²) in [4.78, 5) is 24.0. The first-order valence-electron chi connectivity index (χ1n) is 8.17. The van der Waals surface area contributed by atoms with Crippen LogP contribution in [0.25, 0.3) is 0 Å². The molecule has 0 fully saturated rings. The zero-order valence-corrected chi connectivity index (χ0v) is 14.1. The lowest BCUT2D eigenvalue weighted by molar-refractivity contribution is 0.0497. The van der Waals surface area contributed by atoms with Crippen LogP contribution in [0.2, 0.25) is 0 Å². The molecule has 0 saturated carbocycles. The first-order valence-corrected chi connectivity index (χ1v) is 8.17. The van der Waals surface area contributed by atoms with E-state index in [9.17, 15) is 9.59 Å². The third kappa shape index (κ3) is 4.95. The minimum absolute atomic E-state index is 0.370. The van der Waals surface area contributed by atoms with Gasteiger partial charge in [0.15, 0.2) is 0 Å². The SMILES string of the molecule is CCCCCOC(=O)c1ccc(C(=O)Oc2ccccc2C)cc1. The maximum atomic E-state index is 12.2. The van der Waals surface area contributed by atoms with Crippen molar-refractivity contribution < 1.29 is 19.1 Å². The summed E-state index contributed by atoms with van der Waals surface area (Å²) >= 11 is 0. The summed E-state index contributed by atoms with van der Waals surface area (Å²) in [5, 5.41) is 0. The van der Waals surface area contributed by atoms with Gasteiger partial charge < -0.3 is 9.47 Å². The Morgan fingerprint density at radius 1 is 0.875 bits per heavy atom. The van der Waals surface area contributed by atoms with Gasteiger partial charge in [-0.2, -0.15) is 0 Å². The summed E-state index contributed by atoms with van der Waals surface area (Å²) in [7, 11) is 0. The Morgan fingerprint density at radius 2 is 1.50 bits per heavy atom. The van der Waals surface area contributed by atoms with Gasteiger partial charge in [-0.1, -0.05) is 38.0 Å². The lowest BCUT2D eigenvalue weighted by Crippen LogP contribution is -2.10. The van der Waals surface area contributed by atoms with Crippen LogP contribution in [0.1, 0.15) is 52.5 Å². The quantitative estimate of drug-likeness (QED) is 0.425. The maximum absolute atomic E-state index is 12.2. The number of aryl methyl sites for hydroxylation is 1. The predicted molar refractivity (Wildman–Crippen MR) is 92.4 cm³/mol. The molecule has 0 aliphatic rings. The first-order chi connectivity index (χ1) is 11.6. The molecular weight excluding hydrogens is 304 g/mol. The smallest absolute Gasteiger partial charge is 0.343 e. The fourth-order valence-corrected chi connectivity index (χ4v) is 2.17. The Labute approximate surface area is 142 Å². The molecule has 2 rings (SSSR count). The van der Waals surface area contributed by atoms with Gasteiger partial charge in [-0.25, -0.2) is 9.59 Å². The lowest BCUT2D eigenvalue weighted by atomic mass is 10.1. The van der Waals surface area contributed by atoms with Crippen LogP contribution in [-0.4, -0.2) is 18.5 Å². The Bertz CT molecular complexity index is 689. The van der Waals surface area contributed by atoms with Crippen molar-refractivity contribution in [3.05, 3.63) is 65.2 Å². The molecule has 0 heterocycles. The summed E-state index contributed by atoms with van der Waals surface area (Å²) in [5.74, 6) is -0.293. The molecule has 0 unspecified atom stereocenters. The van der Waals surface area contributed by atoms with Crippen molar-refractivity contribution in [1.29, 1.82) is 0 Å². The lowest BCUT2D eigenvalue weighted by Gasteiger charge is -2.08. The fourth-order valence-electron chi connectivity index (χ4n) is 2.17. The first kappa shape index (κ1) is 17.7. The van der Waals surface area contributed by atoms with Crippen molar-refractivity contribution in [3.63, 3.8) is 0 Å². The number of ether oxygens (including phenoxy) is 2. The van der Waals surface area contributed by atoms with Crippen LogP contribution in [-0.2, 0) is 4.74 Å². The standard InChI is InChI=1S/C20H22O4/c1-3-4-7-14-23-19(21)16-10-12-17(13-11-16)20(22)24-18-9-6-5-8-15(18)2/h5-6,8-13H,3-4,7,14H2,1-2H3. The molecule has 0 N–H and O–H groups in total. The van der Waals surface area contributed by atoms with E-state index in [1.54, 1.807) is 30.3 Å². The van der Waals surface area contributed by atoms with E-state index in [0.29, 0.717) is 23.5 Å². The van der Waals surface area contributed by atoms with Crippen molar-refractivity contribution >= 4 is 11.9 Å². The zero-order chi connectivity index (χ0) is 17.4. The normalized spacial score (nSPS) is 10.2. The number of unbranched alkanes of at least 4 members (excludes halogenated alkanes) is 2. The molecule has 0 spiro atoms. The van der Waals surface area contributed by atoms with Gasteiger partial charge in [0.1, 0.15) is 5.75 Å². The Morgan fingerprint density at radius 3 is 2.12 bits per heavy atom. The van der Waals surface area contributed by atoms with Crippen molar-refractivity contribution in [1.82, 2.24) is 0 Å². The Hall–Kier alpha value is -2.62. The van der Waals surface area contributed by atoms with Gasteiger partial charge in [0.05, 0.1) is 17.7 Å². The summed E-state index contributed by atoms with van der Waals surface area (Å²) in [5.41, 5.74) is 1.71. The van der Waals surface area contributed by atoms with Crippen LogP contribution >= 0.6 is 0 Å².